The molecule has 0 aliphatic carbocycles. The van der Waals surface area contributed by atoms with Gasteiger partial charge in [0.2, 0.25) is 5.88 Å². The molecule has 1 aromatic carbocycles. The molecule has 0 spiro atoms. The van der Waals surface area contributed by atoms with Gasteiger partial charge in [0.1, 0.15) is 9.45 Å². The fourth-order valence-corrected chi connectivity index (χ4v) is 1.85. The van der Waals surface area contributed by atoms with Gasteiger partial charge in [0.25, 0.3) is 0 Å². The molecule has 2 rings (SSSR count). The number of nitrogens with zero attached hydrogens (tertiary/aromatic N) is 2. The highest BCUT2D eigenvalue weighted by molar-refractivity contribution is 14.1. The Morgan fingerprint density at radius 1 is 1.20 bits per heavy atom. The van der Waals surface area contributed by atoms with Crippen LogP contribution in [0.2, 0.25) is 0 Å². The van der Waals surface area contributed by atoms with Crippen molar-refractivity contribution in [3.8, 4) is 11.6 Å². The molecule has 0 atom stereocenters. The van der Waals surface area contributed by atoms with Gasteiger partial charge in [0, 0.05) is 25.8 Å². The van der Waals surface area contributed by atoms with Crippen molar-refractivity contribution in [1.82, 2.24) is 9.88 Å². The van der Waals surface area contributed by atoms with Crippen LogP contribution in [0, 0.1) is 3.70 Å². The van der Waals surface area contributed by atoms with Crippen LogP contribution in [0.3, 0.4) is 0 Å². The van der Waals surface area contributed by atoms with E-state index in [9.17, 15) is 4.79 Å². The summed E-state index contributed by atoms with van der Waals surface area (Å²) in [5.74, 6) is 1.21. The fraction of sp³-hybridized carbons (Fsp3) is 0.143. The normalized spacial score (nSPS) is 9.95. The average molecular weight is 383 g/mol. The molecule has 0 aliphatic rings. The number of pyridine rings is 1. The van der Waals surface area contributed by atoms with Gasteiger partial charge in [-0.15, -0.1) is 0 Å². The second-order valence-corrected chi connectivity index (χ2v) is 5.35. The second kappa shape index (κ2) is 6.56. The predicted octanol–water partition coefficient (Wildman–Crippen LogP) is 3.57. The smallest absolute Gasteiger partial charge is 0.321 e. The number of nitrogens with one attached hydrogen (secondary N) is 1. The molecule has 6 heteroatoms. The van der Waals surface area contributed by atoms with Gasteiger partial charge in [0.05, 0.1) is 0 Å². The molecule has 104 valence electrons. The Morgan fingerprint density at radius 3 is 2.50 bits per heavy atom. The molecule has 2 aromatic rings. The van der Waals surface area contributed by atoms with Gasteiger partial charge in [-0.3, -0.25) is 0 Å². The maximum absolute atomic E-state index is 11.5. The van der Waals surface area contributed by atoms with Gasteiger partial charge in [-0.2, -0.15) is 0 Å². The molecule has 5 nitrogen and oxygen atoms in total. The first-order valence-corrected chi connectivity index (χ1v) is 7.01. The number of aromatic nitrogens is 1. The van der Waals surface area contributed by atoms with Crippen LogP contribution in [-0.2, 0) is 0 Å². The van der Waals surface area contributed by atoms with Crippen LogP contribution < -0.4 is 10.1 Å². The molecule has 2 amide bonds. The standard InChI is InChI=1S/C14H14IN3O2/c1-18(2)14(19)16-10-6-8-11(9-7-10)20-13-5-3-4-12(15)17-13/h3-9H,1-2H3,(H,16,19). The van der Waals surface area contributed by atoms with Crippen LogP contribution >= 0.6 is 22.6 Å². The number of ether oxygens (including phenoxy) is 1. The third-order valence-corrected chi connectivity index (χ3v) is 3.02. The van der Waals surface area contributed by atoms with E-state index in [0.29, 0.717) is 17.3 Å². The molecule has 0 unspecified atom stereocenters. The number of amides is 2. The minimum atomic E-state index is -0.169. The number of carbonyl (C=O) groups is 1. The summed E-state index contributed by atoms with van der Waals surface area (Å²) in [6.45, 7) is 0. The predicted molar refractivity (Wildman–Crippen MR) is 86.2 cm³/mol. The lowest BCUT2D eigenvalue weighted by Gasteiger charge is -2.12. The number of carbonyl (C=O) groups excluding carboxylic acids is 1. The third-order valence-electron chi connectivity index (χ3n) is 2.42. The van der Waals surface area contributed by atoms with Crippen LogP contribution in [0.4, 0.5) is 10.5 Å². The molecule has 0 bridgehead atoms. The summed E-state index contributed by atoms with van der Waals surface area (Å²) in [6, 6.07) is 12.5. The van der Waals surface area contributed by atoms with E-state index in [2.05, 4.69) is 32.9 Å². The third kappa shape index (κ3) is 4.09. The lowest BCUT2D eigenvalue weighted by molar-refractivity contribution is 0.230. The minimum Gasteiger partial charge on any atom is -0.439 e. The molecule has 1 heterocycles. The van der Waals surface area contributed by atoms with Crippen molar-refractivity contribution in [3.63, 3.8) is 0 Å². The fourth-order valence-electron chi connectivity index (χ4n) is 1.41. The topological polar surface area (TPSA) is 54.5 Å². The highest BCUT2D eigenvalue weighted by Gasteiger charge is 2.04. The van der Waals surface area contributed by atoms with Crippen molar-refractivity contribution in [2.75, 3.05) is 19.4 Å². The van der Waals surface area contributed by atoms with E-state index < -0.39 is 0 Å². The van der Waals surface area contributed by atoms with E-state index in [0.717, 1.165) is 3.70 Å². The largest absolute Gasteiger partial charge is 0.439 e. The SMILES string of the molecule is CN(C)C(=O)Nc1ccc(Oc2cccc(I)n2)cc1. The Kier molecular flexibility index (Phi) is 4.78. The Labute approximate surface area is 131 Å². The number of rotatable bonds is 3. The van der Waals surface area contributed by atoms with Gasteiger partial charge >= 0.3 is 6.03 Å². The highest BCUT2D eigenvalue weighted by atomic mass is 127. The van der Waals surface area contributed by atoms with Crippen molar-refractivity contribution in [3.05, 3.63) is 46.2 Å². The van der Waals surface area contributed by atoms with Crippen molar-refractivity contribution in [2.24, 2.45) is 0 Å². The summed E-state index contributed by atoms with van der Waals surface area (Å²) in [5, 5.41) is 2.76. The van der Waals surface area contributed by atoms with Crippen molar-refractivity contribution < 1.29 is 9.53 Å². The number of anilines is 1. The van der Waals surface area contributed by atoms with E-state index >= 15 is 0 Å². The van der Waals surface area contributed by atoms with E-state index in [-0.39, 0.29) is 6.03 Å². The number of hydrogen-bond donors (Lipinski definition) is 1. The number of halogens is 1. The van der Waals surface area contributed by atoms with Crippen molar-refractivity contribution in [2.45, 2.75) is 0 Å². The zero-order valence-corrected chi connectivity index (χ0v) is 13.3. The zero-order valence-electron chi connectivity index (χ0n) is 11.1. The van der Waals surface area contributed by atoms with Gasteiger partial charge in [-0.05, 0) is 52.9 Å². The first-order valence-electron chi connectivity index (χ1n) is 5.93. The van der Waals surface area contributed by atoms with Gasteiger partial charge in [-0.1, -0.05) is 6.07 Å². The quantitative estimate of drug-likeness (QED) is 0.651. The summed E-state index contributed by atoms with van der Waals surface area (Å²) in [7, 11) is 3.38. The molecule has 1 aromatic heterocycles. The second-order valence-electron chi connectivity index (χ2n) is 4.25. The molecule has 0 aliphatic heterocycles. The lowest BCUT2D eigenvalue weighted by Crippen LogP contribution is -2.27. The first kappa shape index (κ1) is 14.6. The van der Waals surface area contributed by atoms with Crippen LogP contribution in [0.1, 0.15) is 0 Å². The maximum Gasteiger partial charge on any atom is 0.321 e. The Balaban J connectivity index is 2.03. The average Bonchev–Trinajstić information content (AvgIpc) is 2.41. The maximum atomic E-state index is 11.5. The highest BCUT2D eigenvalue weighted by Crippen LogP contribution is 2.22. The monoisotopic (exact) mass is 383 g/mol. The zero-order chi connectivity index (χ0) is 14.5. The van der Waals surface area contributed by atoms with E-state index in [1.54, 1.807) is 44.4 Å². The van der Waals surface area contributed by atoms with Crippen LogP contribution in [0.5, 0.6) is 11.6 Å². The molecule has 20 heavy (non-hydrogen) atoms. The summed E-state index contributed by atoms with van der Waals surface area (Å²) >= 11 is 2.13. The van der Waals surface area contributed by atoms with Crippen molar-refractivity contribution >= 4 is 34.3 Å². The van der Waals surface area contributed by atoms with Crippen LogP contribution in [0.15, 0.2) is 42.5 Å². The summed E-state index contributed by atoms with van der Waals surface area (Å²) in [6.07, 6.45) is 0. The van der Waals surface area contributed by atoms with Crippen LogP contribution in [0.25, 0.3) is 0 Å². The number of urea groups is 1. The van der Waals surface area contributed by atoms with Gasteiger partial charge in [0.15, 0.2) is 0 Å². The molecule has 1 N–H and O–H groups in total. The molecular weight excluding hydrogens is 369 g/mol. The summed E-state index contributed by atoms with van der Waals surface area (Å²) in [4.78, 5) is 17.2. The Bertz CT molecular complexity index is 600. The van der Waals surface area contributed by atoms with E-state index in [4.69, 9.17) is 4.74 Å². The van der Waals surface area contributed by atoms with Crippen molar-refractivity contribution in [1.29, 1.82) is 0 Å². The number of benzene rings is 1. The molecule has 0 fully saturated rings. The molecule has 0 saturated carbocycles. The van der Waals surface area contributed by atoms with Gasteiger partial charge in [-0.25, -0.2) is 9.78 Å². The minimum absolute atomic E-state index is 0.169. The number of hydrogen-bond acceptors (Lipinski definition) is 3. The molecular formula is C14H14IN3O2. The summed E-state index contributed by atoms with van der Waals surface area (Å²) in [5.41, 5.74) is 0.714. The lowest BCUT2D eigenvalue weighted by atomic mass is 10.3. The Hall–Kier alpha value is -1.83. The van der Waals surface area contributed by atoms with Crippen LogP contribution in [-0.4, -0.2) is 30.0 Å². The first-order chi connectivity index (χ1) is 9.54. The van der Waals surface area contributed by atoms with E-state index in [1.807, 2.05) is 12.1 Å². The van der Waals surface area contributed by atoms with Gasteiger partial charge < -0.3 is 15.0 Å². The Morgan fingerprint density at radius 2 is 1.90 bits per heavy atom. The molecule has 0 radical (unpaired) electrons. The van der Waals surface area contributed by atoms with E-state index in [1.165, 1.54) is 4.90 Å². The molecule has 0 saturated heterocycles. The summed E-state index contributed by atoms with van der Waals surface area (Å²) < 4.78 is 6.50.